The molecule has 0 aliphatic heterocycles. The summed E-state index contributed by atoms with van der Waals surface area (Å²) in [5.74, 6) is 0. The Morgan fingerprint density at radius 3 is 1.46 bits per heavy atom. The normalized spacial score (nSPS) is 12.0. The monoisotopic (exact) mass is 379 g/mol. The van der Waals surface area contributed by atoms with Gasteiger partial charge in [0.15, 0.2) is 0 Å². The second-order valence-corrected chi connectivity index (χ2v) is 9.52. The van der Waals surface area contributed by atoms with Gasteiger partial charge in [0.1, 0.15) is 5.00 Å². The second-order valence-electron chi connectivity index (χ2n) is 4.78. The Kier molecular flexibility index (Phi) is 4.44. The van der Waals surface area contributed by atoms with Gasteiger partial charge in [0, 0.05) is 0 Å². The van der Waals surface area contributed by atoms with Crippen LogP contribution in [-0.4, -0.2) is 16.8 Å². The average molecular weight is 379 g/mol. The summed E-state index contributed by atoms with van der Waals surface area (Å²) in [6.07, 6.45) is 0. The highest BCUT2D eigenvalue weighted by atomic mass is 32.3. The number of sulfonamides is 2. The van der Waals surface area contributed by atoms with Crippen LogP contribution in [0.15, 0.2) is 88.0 Å². The molecule has 124 valence electrons. The molecule has 2 aromatic carbocycles. The summed E-state index contributed by atoms with van der Waals surface area (Å²) >= 11 is 1.04. The van der Waals surface area contributed by atoms with E-state index < -0.39 is 20.0 Å². The zero-order chi connectivity index (χ0) is 17.2. The maximum absolute atomic E-state index is 13.0. The summed E-state index contributed by atoms with van der Waals surface area (Å²) in [6, 6.07) is 18.1. The van der Waals surface area contributed by atoms with Crippen molar-refractivity contribution in [2.75, 3.05) is 3.71 Å². The van der Waals surface area contributed by atoms with Crippen molar-refractivity contribution in [2.45, 2.75) is 9.79 Å². The van der Waals surface area contributed by atoms with Crippen LogP contribution < -0.4 is 3.71 Å². The lowest BCUT2D eigenvalue weighted by atomic mass is 10.4. The van der Waals surface area contributed by atoms with Gasteiger partial charge in [-0.05, 0) is 41.8 Å². The first-order valence-electron chi connectivity index (χ1n) is 6.88. The van der Waals surface area contributed by atoms with E-state index in [0.29, 0.717) is 3.71 Å². The molecule has 0 N–H and O–H groups in total. The van der Waals surface area contributed by atoms with Gasteiger partial charge < -0.3 is 0 Å². The van der Waals surface area contributed by atoms with Crippen LogP contribution in [0.3, 0.4) is 0 Å². The Labute approximate surface area is 144 Å². The standard InChI is InChI=1S/C16H13NO4S3/c18-23(19,14-8-3-1-4-9-14)17(16-12-7-13-22-16)24(20,21)15-10-5-2-6-11-15/h1-13H. The number of benzene rings is 2. The lowest BCUT2D eigenvalue weighted by Crippen LogP contribution is -2.36. The molecule has 0 bridgehead atoms. The van der Waals surface area contributed by atoms with Crippen molar-refractivity contribution in [1.82, 2.24) is 0 Å². The molecule has 3 rings (SSSR count). The van der Waals surface area contributed by atoms with Gasteiger partial charge in [-0.2, -0.15) is 16.8 Å². The molecular formula is C16H13NO4S3. The van der Waals surface area contributed by atoms with Gasteiger partial charge in [0.05, 0.1) is 9.79 Å². The Balaban J connectivity index is 2.24. The van der Waals surface area contributed by atoms with Crippen molar-refractivity contribution in [1.29, 1.82) is 0 Å². The topological polar surface area (TPSA) is 71.5 Å². The summed E-state index contributed by atoms with van der Waals surface area (Å²) in [6.45, 7) is 0. The van der Waals surface area contributed by atoms with Crippen molar-refractivity contribution in [3.05, 3.63) is 78.2 Å². The fourth-order valence-corrected chi connectivity index (χ4v) is 7.03. The smallest absolute Gasteiger partial charge is 0.200 e. The molecule has 24 heavy (non-hydrogen) atoms. The van der Waals surface area contributed by atoms with E-state index in [1.165, 1.54) is 30.3 Å². The minimum Gasteiger partial charge on any atom is -0.200 e. The van der Waals surface area contributed by atoms with Gasteiger partial charge in [0.25, 0.3) is 20.0 Å². The van der Waals surface area contributed by atoms with Gasteiger partial charge in [-0.15, -0.1) is 15.0 Å². The van der Waals surface area contributed by atoms with Gasteiger partial charge in [-0.3, -0.25) is 0 Å². The predicted molar refractivity (Wildman–Crippen MR) is 94.1 cm³/mol. The molecule has 3 aromatic rings. The Bertz CT molecular complexity index is 944. The van der Waals surface area contributed by atoms with Crippen LogP contribution in [0.2, 0.25) is 0 Å². The molecule has 0 unspecified atom stereocenters. The van der Waals surface area contributed by atoms with E-state index >= 15 is 0 Å². The molecule has 1 aromatic heterocycles. The number of nitrogens with zero attached hydrogens (tertiary/aromatic N) is 1. The Hall–Kier alpha value is -2.16. The first-order chi connectivity index (χ1) is 11.4. The van der Waals surface area contributed by atoms with Crippen LogP contribution in [0.25, 0.3) is 0 Å². The third-order valence-electron chi connectivity index (χ3n) is 3.20. The number of anilines is 1. The van der Waals surface area contributed by atoms with E-state index in [1.54, 1.807) is 47.8 Å². The largest absolute Gasteiger partial charge is 0.278 e. The average Bonchev–Trinajstić information content (AvgIpc) is 3.10. The molecule has 0 aliphatic rings. The molecule has 1 heterocycles. The van der Waals surface area contributed by atoms with Crippen LogP contribution >= 0.6 is 11.3 Å². The SMILES string of the molecule is O=S(=O)(c1ccccc1)N(c1cccs1)S(=O)(=O)c1ccccc1. The molecule has 0 radical (unpaired) electrons. The third-order valence-corrected chi connectivity index (χ3v) is 8.47. The van der Waals surface area contributed by atoms with Crippen molar-refractivity contribution in [3.8, 4) is 0 Å². The number of hydrogen-bond donors (Lipinski definition) is 0. The minimum absolute atomic E-state index is 0.0853. The number of thiophene rings is 1. The van der Waals surface area contributed by atoms with E-state index in [1.807, 2.05) is 0 Å². The van der Waals surface area contributed by atoms with E-state index in [4.69, 9.17) is 0 Å². The molecule has 0 atom stereocenters. The van der Waals surface area contributed by atoms with Crippen molar-refractivity contribution in [2.24, 2.45) is 0 Å². The first kappa shape index (κ1) is 16.7. The van der Waals surface area contributed by atoms with Crippen molar-refractivity contribution in [3.63, 3.8) is 0 Å². The Morgan fingerprint density at radius 1 is 0.625 bits per heavy atom. The summed E-state index contributed by atoms with van der Waals surface area (Å²) < 4.78 is 52.5. The zero-order valence-electron chi connectivity index (χ0n) is 12.3. The molecule has 0 saturated carbocycles. The van der Waals surface area contributed by atoms with E-state index in [2.05, 4.69) is 0 Å². The lowest BCUT2D eigenvalue weighted by Gasteiger charge is -2.22. The Morgan fingerprint density at radius 2 is 1.08 bits per heavy atom. The second kappa shape index (κ2) is 6.39. The molecule has 0 fully saturated rings. The summed E-state index contributed by atoms with van der Waals surface area (Å²) in [7, 11) is -8.55. The van der Waals surface area contributed by atoms with Gasteiger partial charge in [-0.1, -0.05) is 36.4 Å². The molecule has 8 heteroatoms. The lowest BCUT2D eigenvalue weighted by molar-refractivity contribution is 0.584. The van der Waals surface area contributed by atoms with Crippen LogP contribution in [-0.2, 0) is 20.0 Å². The quantitative estimate of drug-likeness (QED) is 0.682. The van der Waals surface area contributed by atoms with Crippen LogP contribution in [0.5, 0.6) is 0 Å². The molecule has 0 aliphatic carbocycles. The highest BCUT2D eigenvalue weighted by molar-refractivity contribution is 8.10. The predicted octanol–water partition coefficient (Wildman–Crippen LogP) is 3.33. The number of hydrogen-bond acceptors (Lipinski definition) is 5. The maximum Gasteiger partial charge on any atom is 0.278 e. The molecular weight excluding hydrogens is 366 g/mol. The minimum atomic E-state index is -4.27. The highest BCUT2D eigenvalue weighted by Gasteiger charge is 2.37. The highest BCUT2D eigenvalue weighted by Crippen LogP contribution is 2.33. The van der Waals surface area contributed by atoms with Gasteiger partial charge >= 0.3 is 0 Å². The van der Waals surface area contributed by atoms with Crippen LogP contribution in [0, 0.1) is 0 Å². The fraction of sp³-hybridized carbons (Fsp3) is 0. The fourth-order valence-electron chi connectivity index (χ4n) is 2.12. The summed E-state index contributed by atoms with van der Waals surface area (Å²) in [5, 5.41) is 1.74. The van der Waals surface area contributed by atoms with Crippen molar-refractivity contribution < 1.29 is 16.8 Å². The van der Waals surface area contributed by atoms with E-state index in [9.17, 15) is 16.8 Å². The number of rotatable bonds is 5. The molecule has 0 amide bonds. The van der Waals surface area contributed by atoms with Gasteiger partial charge in [-0.25, -0.2) is 0 Å². The third kappa shape index (κ3) is 2.95. The molecule has 5 nitrogen and oxygen atoms in total. The van der Waals surface area contributed by atoms with E-state index in [-0.39, 0.29) is 14.8 Å². The molecule has 0 saturated heterocycles. The van der Waals surface area contributed by atoms with Crippen LogP contribution in [0.4, 0.5) is 5.00 Å². The summed E-state index contributed by atoms with van der Waals surface area (Å²) in [5.41, 5.74) is 0. The van der Waals surface area contributed by atoms with Crippen LogP contribution in [0.1, 0.15) is 0 Å². The van der Waals surface area contributed by atoms with Gasteiger partial charge in [0.2, 0.25) is 0 Å². The zero-order valence-corrected chi connectivity index (χ0v) is 14.8. The van der Waals surface area contributed by atoms with E-state index in [0.717, 1.165) is 11.3 Å². The molecule has 0 spiro atoms. The van der Waals surface area contributed by atoms with Crippen molar-refractivity contribution >= 4 is 36.4 Å². The first-order valence-corrected chi connectivity index (χ1v) is 10.6. The maximum atomic E-state index is 13.0. The summed E-state index contributed by atoms with van der Waals surface area (Å²) in [4.78, 5) is -0.171.